The number of hydrogen-bond donors (Lipinski definition) is 3. The van der Waals surface area contributed by atoms with Crippen LogP contribution in [0.2, 0.25) is 0 Å². The van der Waals surface area contributed by atoms with Crippen LogP contribution in [0.4, 0.5) is 17.1 Å². The van der Waals surface area contributed by atoms with E-state index in [1.165, 1.54) is 0 Å². The maximum atomic E-state index is 12.5. The maximum absolute atomic E-state index is 12.5. The van der Waals surface area contributed by atoms with Crippen molar-refractivity contribution in [3.05, 3.63) is 83.6 Å². The Bertz CT molecular complexity index is 1220. The molecule has 170 valence electrons. The van der Waals surface area contributed by atoms with Crippen molar-refractivity contribution in [2.75, 3.05) is 23.9 Å². The number of nitrogens with zero attached hydrogens (tertiary/aromatic N) is 2. The lowest BCUT2D eigenvalue weighted by atomic mass is 10.2. The van der Waals surface area contributed by atoms with Crippen molar-refractivity contribution in [3.8, 4) is 11.5 Å². The third-order valence-corrected chi connectivity index (χ3v) is 5.96. The highest BCUT2D eigenvalue weighted by Crippen LogP contribution is 2.31. The van der Waals surface area contributed by atoms with Gasteiger partial charge < -0.3 is 26.3 Å². The first kappa shape index (κ1) is 22.2. The van der Waals surface area contributed by atoms with E-state index in [9.17, 15) is 4.79 Å². The molecule has 0 fully saturated rings. The summed E-state index contributed by atoms with van der Waals surface area (Å²) in [7, 11) is 1.57. The molecule has 33 heavy (non-hydrogen) atoms. The number of para-hydroxylation sites is 2. The Kier molecular flexibility index (Phi) is 6.80. The quantitative estimate of drug-likeness (QED) is 0.260. The minimum atomic E-state index is -0.251. The smallest absolute Gasteiger partial charge is 0.266 e. The molecule has 0 spiro atoms. The lowest BCUT2D eigenvalue weighted by molar-refractivity contribution is -0.683. The molecule has 2 aromatic heterocycles. The van der Waals surface area contributed by atoms with E-state index >= 15 is 0 Å². The molecule has 0 aliphatic heterocycles. The van der Waals surface area contributed by atoms with E-state index in [0.717, 1.165) is 4.88 Å². The number of aromatic nitrogens is 2. The maximum Gasteiger partial charge on any atom is 0.266 e. The van der Waals surface area contributed by atoms with Crippen molar-refractivity contribution in [3.63, 3.8) is 0 Å². The Balaban J connectivity index is 1.44. The average Bonchev–Trinajstić information content (AvgIpc) is 3.48. The van der Waals surface area contributed by atoms with Crippen molar-refractivity contribution >= 4 is 34.3 Å². The third kappa shape index (κ3) is 5.64. The highest BCUT2D eigenvalue weighted by atomic mass is 32.1. The number of nitrogen functional groups attached to an aromatic ring is 2. The molecule has 0 saturated heterocycles. The first-order valence-electron chi connectivity index (χ1n) is 10.3. The molecule has 1 unspecified atom stereocenters. The van der Waals surface area contributed by atoms with E-state index in [1.807, 2.05) is 57.5 Å². The largest absolute Gasteiger partial charge is 0.495 e. The molecule has 4 aromatic rings. The number of carbonyl (C=O) groups excluding carboxylic acids is 1. The number of methoxy groups -OCH3 is 1. The molecule has 0 bridgehead atoms. The number of benzene rings is 2. The lowest BCUT2D eigenvalue weighted by Gasteiger charge is -2.18. The van der Waals surface area contributed by atoms with Gasteiger partial charge in [-0.2, -0.15) is 0 Å². The SMILES string of the molecule is COc1ccccc1NC(=O)C[n+]1ccn(CC(Oc2ccc(N)cc2N)c2cccs2)c1. The molecule has 0 aliphatic rings. The Morgan fingerprint density at radius 1 is 1.15 bits per heavy atom. The molecule has 0 saturated carbocycles. The van der Waals surface area contributed by atoms with Crippen LogP contribution in [0.5, 0.6) is 11.5 Å². The number of nitrogens with one attached hydrogen (secondary N) is 1. The van der Waals surface area contributed by atoms with E-state index in [1.54, 1.807) is 48.8 Å². The van der Waals surface area contributed by atoms with E-state index in [4.69, 9.17) is 20.9 Å². The van der Waals surface area contributed by atoms with Crippen LogP contribution in [0, 0.1) is 0 Å². The Morgan fingerprint density at radius 3 is 2.76 bits per heavy atom. The van der Waals surface area contributed by atoms with Gasteiger partial charge in [0.1, 0.15) is 30.4 Å². The molecular formula is C24H26N5O3S+. The minimum absolute atomic E-state index is 0.150. The van der Waals surface area contributed by atoms with Gasteiger partial charge in [-0.25, -0.2) is 9.13 Å². The normalized spacial score (nSPS) is 11.7. The van der Waals surface area contributed by atoms with Gasteiger partial charge in [0.25, 0.3) is 5.91 Å². The number of amides is 1. The van der Waals surface area contributed by atoms with Crippen molar-refractivity contribution < 1.29 is 18.8 Å². The van der Waals surface area contributed by atoms with E-state index in [-0.39, 0.29) is 18.6 Å². The Labute approximate surface area is 196 Å². The van der Waals surface area contributed by atoms with Crippen LogP contribution in [0.1, 0.15) is 11.0 Å². The molecule has 0 aliphatic carbocycles. The summed E-state index contributed by atoms with van der Waals surface area (Å²) in [5, 5.41) is 4.89. The molecule has 1 amide bonds. The molecular weight excluding hydrogens is 438 g/mol. The average molecular weight is 465 g/mol. The number of hydrogen-bond acceptors (Lipinski definition) is 6. The minimum Gasteiger partial charge on any atom is -0.495 e. The number of anilines is 3. The second-order valence-corrected chi connectivity index (χ2v) is 8.43. The number of carbonyl (C=O) groups is 1. The van der Waals surface area contributed by atoms with Crippen LogP contribution >= 0.6 is 11.3 Å². The van der Waals surface area contributed by atoms with Crippen LogP contribution in [-0.2, 0) is 17.9 Å². The second kappa shape index (κ2) is 10.1. The van der Waals surface area contributed by atoms with Gasteiger partial charge in [-0.3, -0.25) is 4.79 Å². The van der Waals surface area contributed by atoms with Gasteiger partial charge in [0.05, 0.1) is 18.5 Å². The molecule has 8 nitrogen and oxygen atoms in total. The molecule has 9 heteroatoms. The highest BCUT2D eigenvalue weighted by Gasteiger charge is 2.21. The van der Waals surface area contributed by atoms with Crippen molar-refractivity contribution in [1.29, 1.82) is 0 Å². The summed E-state index contributed by atoms with van der Waals surface area (Å²) in [4.78, 5) is 13.6. The summed E-state index contributed by atoms with van der Waals surface area (Å²) in [6.07, 6.45) is 5.38. The zero-order valence-electron chi connectivity index (χ0n) is 18.2. The van der Waals surface area contributed by atoms with Crippen molar-refractivity contribution in [1.82, 2.24) is 4.57 Å². The topological polar surface area (TPSA) is 108 Å². The fourth-order valence-electron chi connectivity index (χ4n) is 3.42. The second-order valence-electron chi connectivity index (χ2n) is 7.45. The van der Waals surface area contributed by atoms with E-state index < -0.39 is 0 Å². The molecule has 2 heterocycles. The highest BCUT2D eigenvalue weighted by molar-refractivity contribution is 7.10. The summed E-state index contributed by atoms with van der Waals surface area (Å²) < 4.78 is 15.3. The lowest BCUT2D eigenvalue weighted by Crippen LogP contribution is -2.38. The third-order valence-electron chi connectivity index (χ3n) is 4.99. The number of thiophene rings is 1. The summed E-state index contributed by atoms with van der Waals surface area (Å²) in [6, 6.07) is 16.6. The molecule has 2 aromatic carbocycles. The standard InChI is InChI=1S/C24H25N5O3S/c1-31-21-6-3-2-5-19(21)27-24(30)15-29-11-10-28(16-29)14-22(23-7-4-12-33-23)32-20-9-8-17(25)13-18(20)26/h2-13,16,22H,14-15,25-26H2,1H3/p+1. The first-order chi connectivity index (χ1) is 16.0. The number of rotatable bonds is 9. The van der Waals surface area contributed by atoms with Crippen LogP contribution in [0.3, 0.4) is 0 Å². The molecule has 0 radical (unpaired) electrons. The summed E-state index contributed by atoms with van der Waals surface area (Å²) in [5.74, 6) is 1.05. The van der Waals surface area contributed by atoms with Crippen LogP contribution in [0.15, 0.2) is 78.7 Å². The summed E-state index contributed by atoms with van der Waals surface area (Å²) in [5.41, 5.74) is 13.6. The van der Waals surface area contributed by atoms with Crippen molar-refractivity contribution in [2.24, 2.45) is 0 Å². The van der Waals surface area contributed by atoms with Gasteiger partial charge in [-0.05, 0) is 41.8 Å². The van der Waals surface area contributed by atoms with Crippen LogP contribution in [0.25, 0.3) is 0 Å². The molecule has 5 N–H and O–H groups in total. The van der Waals surface area contributed by atoms with Crippen LogP contribution in [-0.4, -0.2) is 17.6 Å². The van der Waals surface area contributed by atoms with Crippen molar-refractivity contribution in [2.45, 2.75) is 19.2 Å². The van der Waals surface area contributed by atoms with E-state index in [0.29, 0.717) is 35.1 Å². The van der Waals surface area contributed by atoms with Gasteiger partial charge in [0.15, 0.2) is 12.6 Å². The van der Waals surface area contributed by atoms with Gasteiger partial charge in [0.2, 0.25) is 6.33 Å². The number of nitrogens with two attached hydrogens (primary N) is 2. The zero-order valence-corrected chi connectivity index (χ0v) is 19.0. The van der Waals surface area contributed by atoms with Gasteiger partial charge in [-0.1, -0.05) is 18.2 Å². The van der Waals surface area contributed by atoms with Gasteiger partial charge in [0, 0.05) is 10.6 Å². The zero-order chi connectivity index (χ0) is 23.2. The fourth-order valence-corrected chi connectivity index (χ4v) is 4.17. The number of imidazole rings is 1. The molecule has 4 rings (SSSR count). The predicted octanol–water partition coefficient (Wildman–Crippen LogP) is 3.47. The van der Waals surface area contributed by atoms with Gasteiger partial charge >= 0.3 is 0 Å². The van der Waals surface area contributed by atoms with Gasteiger partial charge in [-0.15, -0.1) is 11.3 Å². The Morgan fingerprint density at radius 2 is 2.00 bits per heavy atom. The molecule has 1 atom stereocenters. The first-order valence-corrected chi connectivity index (χ1v) is 11.2. The monoisotopic (exact) mass is 464 g/mol. The summed E-state index contributed by atoms with van der Waals surface area (Å²) >= 11 is 1.61. The van der Waals surface area contributed by atoms with E-state index in [2.05, 4.69) is 5.32 Å². The number of ether oxygens (including phenoxy) is 2. The fraction of sp³-hybridized carbons (Fsp3) is 0.167. The summed E-state index contributed by atoms with van der Waals surface area (Å²) in [6.45, 7) is 0.714. The van der Waals surface area contributed by atoms with Crippen LogP contribution < -0.4 is 30.8 Å². The predicted molar refractivity (Wildman–Crippen MR) is 129 cm³/mol. The Hall–Kier alpha value is -3.98.